The second kappa shape index (κ2) is 5.76. The molecule has 0 aromatic carbocycles. The molecule has 0 aromatic rings. The average Bonchev–Trinajstić information content (AvgIpc) is 2.86. The summed E-state index contributed by atoms with van der Waals surface area (Å²) in [6, 6.07) is 0. The van der Waals surface area contributed by atoms with E-state index in [2.05, 4.69) is 19.6 Å². The lowest BCUT2D eigenvalue weighted by Gasteiger charge is -2.60. The van der Waals surface area contributed by atoms with Gasteiger partial charge in [-0.2, -0.15) is 0 Å². The number of carbonyl (C=O) groups excluding carboxylic acids is 1. The molecule has 0 radical (unpaired) electrons. The summed E-state index contributed by atoms with van der Waals surface area (Å²) in [5.74, 6) is 0.239. The third kappa shape index (κ3) is 2.15. The lowest BCUT2D eigenvalue weighted by molar-refractivity contribution is -0.181. The van der Waals surface area contributed by atoms with E-state index in [0.29, 0.717) is 18.8 Å². The maximum atomic E-state index is 12.4. The molecule has 0 amide bonds. The fourth-order valence-electron chi connectivity index (χ4n) is 7.37. The van der Waals surface area contributed by atoms with Crippen molar-refractivity contribution in [2.75, 3.05) is 6.61 Å². The van der Waals surface area contributed by atoms with Crippen LogP contribution >= 0.6 is 0 Å². The van der Waals surface area contributed by atoms with E-state index in [1.807, 2.05) is 6.92 Å². The van der Waals surface area contributed by atoms with Gasteiger partial charge in [0, 0.05) is 5.41 Å². The van der Waals surface area contributed by atoms with Gasteiger partial charge in [0.1, 0.15) is 12.2 Å². The molecule has 26 heavy (non-hydrogen) atoms. The number of carbonyl (C=O) groups is 1. The fraction of sp³-hybridized carbons (Fsp3) is 0.773. The Morgan fingerprint density at radius 2 is 2.00 bits per heavy atom. The van der Waals surface area contributed by atoms with Crippen LogP contribution in [0.3, 0.4) is 0 Å². The van der Waals surface area contributed by atoms with Crippen LogP contribution in [-0.2, 0) is 4.79 Å². The van der Waals surface area contributed by atoms with Crippen LogP contribution in [0.25, 0.3) is 0 Å². The van der Waals surface area contributed by atoms with E-state index in [0.717, 1.165) is 32.1 Å². The van der Waals surface area contributed by atoms with Crippen LogP contribution < -0.4 is 0 Å². The summed E-state index contributed by atoms with van der Waals surface area (Å²) < 4.78 is 0. The highest BCUT2D eigenvalue weighted by Crippen LogP contribution is 2.67. The molecular formula is C22H32O4. The highest BCUT2D eigenvalue weighted by atomic mass is 16.3. The molecule has 0 saturated heterocycles. The number of allylic oxidation sites excluding steroid dienone is 3. The number of ketones is 1. The van der Waals surface area contributed by atoms with Gasteiger partial charge in [0.25, 0.3) is 0 Å². The molecule has 4 aliphatic rings. The topological polar surface area (TPSA) is 77.8 Å². The van der Waals surface area contributed by atoms with Gasteiger partial charge < -0.3 is 15.3 Å². The molecule has 1 unspecified atom stereocenters. The molecule has 4 aliphatic carbocycles. The van der Waals surface area contributed by atoms with Crippen LogP contribution in [0.1, 0.15) is 58.8 Å². The lowest BCUT2D eigenvalue weighted by Crippen LogP contribution is -2.61. The first-order valence-corrected chi connectivity index (χ1v) is 10.1. The Morgan fingerprint density at radius 3 is 2.69 bits per heavy atom. The van der Waals surface area contributed by atoms with Gasteiger partial charge in [-0.1, -0.05) is 37.6 Å². The van der Waals surface area contributed by atoms with Gasteiger partial charge >= 0.3 is 0 Å². The summed E-state index contributed by atoms with van der Waals surface area (Å²) in [5, 5.41) is 31.8. The van der Waals surface area contributed by atoms with Gasteiger partial charge in [0.05, 0.1) is 6.10 Å². The van der Waals surface area contributed by atoms with Gasteiger partial charge in [-0.15, -0.1) is 0 Å². The Bertz CT molecular complexity index is 682. The zero-order chi connectivity index (χ0) is 18.9. The molecule has 4 heteroatoms. The van der Waals surface area contributed by atoms with E-state index in [9.17, 15) is 20.1 Å². The van der Waals surface area contributed by atoms with Gasteiger partial charge in [-0.3, -0.25) is 4.79 Å². The molecule has 3 fully saturated rings. The highest BCUT2D eigenvalue weighted by molar-refractivity contribution is 5.89. The van der Waals surface area contributed by atoms with Crippen molar-refractivity contribution in [2.45, 2.75) is 70.5 Å². The number of aliphatic hydroxyl groups is 3. The molecule has 7 atom stereocenters. The van der Waals surface area contributed by atoms with Crippen molar-refractivity contribution in [3.05, 3.63) is 23.8 Å². The summed E-state index contributed by atoms with van der Waals surface area (Å²) in [7, 11) is 0. The minimum Gasteiger partial charge on any atom is -0.393 e. The van der Waals surface area contributed by atoms with E-state index in [1.54, 1.807) is 0 Å². The van der Waals surface area contributed by atoms with Crippen molar-refractivity contribution in [2.24, 2.45) is 28.6 Å². The SMILES string of the molecule is C=C1C=C2CC[C@@H]3[C@H](C(O)C[C@@]4(C)[C@H]3CC[C@]4(O)C(=O)CO)[C@@]2(C)CC1. The molecule has 3 saturated carbocycles. The molecular weight excluding hydrogens is 328 g/mol. The molecule has 144 valence electrons. The smallest absolute Gasteiger partial charge is 0.190 e. The summed E-state index contributed by atoms with van der Waals surface area (Å²) in [6.45, 7) is 7.77. The third-order valence-electron chi connectivity index (χ3n) is 8.77. The quantitative estimate of drug-likeness (QED) is 0.708. The Morgan fingerprint density at radius 1 is 1.27 bits per heavy atom. The normalized spacial score (nSPS) is 50.5. The Balaban J connectivity index is 1.74. The lowest BCUT2D eigenvalue weighted by atomic mass is 9.45. The number of rotatable bonds is 2. The van der Waals surface area contributed by atoms with E-state index < -0.39 is 29.5 Å². The number of hydrogen-bond donors (Lipinski definition) is 3. The standard InChI is InChI=1S/C22H32O4/c1-13-6-8-20(2)14(10-13)4-5-15-16-7-9-22(26,18(25)12-23)21(16,3)11-17(24)19(15)20/h10,15-17,19,23-24,26H,1,4-9,11-12H2,2-3H3/t15-,16-,17?,19+,20-,21-,22-/m0/s1. The molecule has 3 N–H and O–H groups in total. The summed E-state index contributed by atoms with van der Waals surface area (Å²) in [6.07, 6.45) is 7.38. The van der Waals surface area contributed by atoms with Crippen LogP contribution in [0.2, 0.25) is 0 Å². The summed E-state index contributed by atoms with van der Waals surface area (Å²) in [4.78, 5) is 12.4. The second-order valence-corrected chi connectivity index (χ2v) is 9.75. The molecule has 0 aliphatic heterocycles. The van der Waals surface area contributed by atoms with E-state index in [-0.39, 0.29) is 17.3 Å². The Labute approximate surface area is 156 Å². The first-order valence-electron chi connectivity index (χ1n) is 10.1. The second-order valence-electron chi connectivity index (χ2n) is 9.75. The first kappa shape index (κ1) is 18.4. The first-order chi connectivity index (χ1) is 12.2. The van der Waals surface area contributed by atoms with Crippen LogP contribution in [0.5, 0.6) is 0 Å². The van der Waals surface area contributed by atoms with E-state index in [1.165, 1.54) is 11.1 Å². The molecule has 4 rings (SSSR count). The predicted octanol–water partition coefficient (Wildman–Crippen LogP) is 2.77. The fourth-order valence-corrected chi connectivity index (χ4v) is 7.37. The minimum absolute atomic E-state index is 0.00739. The molecule has 0 spiro atoms. The third-order valence-corrected chi connectivity index (χ3v) is 8.77. The van der Waals surface area contributed by atoms with E-state index in [4.69, 9.17) is 0 Å². The Kier molecular flexibility index (Phi) is 4.08. The van der Waals surface area contributed by atoms with Crippen LogP contribution in [0, 0.1) is 28.6 Å². The van der Waals surface area contributed by atoms with Crippen molar-refractivity contribution in [3.63, 3.8) is 0 Å². The molecule has 0 heterocycles. The van der Waals surface area contributed by atoms with Crippen molar-refractivity contribution in [1.29, 1.82) is 0 Å². The van der Waals surface area contributed by atoms with E-state index >= 15 is 0 Å². The molecule has 0 bridgehead atoms. The number of fused-ring (bicyclic) bond motifs is 5. The number of hydrogen-bond acceptors (Lipinski definition) is 4. The van der Waals surface area contributed by atoms with Gasteiger partial charge in [-0.05, 0) is 68.1 Å². The van der Waals surface area contributed by atoms with Crippen LogP contribution in [0.4, 0.5) is 0 Å². The summed E-state index contributed by atoms with van der Waals surface area (Å²) >= 11 is 0. The largest absolute Gasteiger partial charge is 0.393 e. The molecule has 0 aromatic heterocycles. The predicted molar refractivity (Wildman–Crippen MR) is 99.3 cm³/mol. The maximum absolute atomic E-state index is 12.4. The molecule has 4 nitrogen and oxygen atoms in total. The van der Waals surface area contributed by atoms with Crippen LogP contribution in [-0.4, -0.2) is 39.4 Å². The highest BCUT2D eigenvalue weighted by Gasteiger charge is 2.68. The monoisotopic (exact) mass is 360 g/mol. The van der Waals surface area contributed by atoms with Crippen molar-refractivity contribution < 1.29 is 20.1 Å². The number of Topliss-reactive ketones (excluding diaryl/α,β-unsaturated/α-hetero) is 1. The number of aliphatic hydroxyl groups excluding tert-OH is 2. The Hall–Kier alpha value is -0.970. The zero-order valence-electron chi connectivity index (χ0n) is 16.0. The zero-order valence-corrected chi connectivity index (χ0v) is 16.0. The maximum Gasteiger partial charge on any atom is 0.190 e. The van der Waals surface area contributed by atoms with Gasteiger partial charge in [-0.25, -0.2) is 0 Å². The summed E-state index contributed by atoms with van der Waals surface area (Å²) in [5.41, 5.74) is 0.457. The van der Waals surface area contributed by atoms with Crippen LogP contribution in [0.15, 0.2) is 23.8 Å². The average molecular weight is 360 g/mol. The van der Waals surface area contributed by atoms with Crippen molar-refractivity contribution >= 4 is 5.78 Å². The minimum atomic E-state index is -1.50. The van der Waals surface area contributed by atoms with Crippen molar-refractivity contribution in [3.8, 4) is 0 Å². The van der Waals surface area contributed by atoms with Crippen molar-refractivity contribution in [1.82, 2.24) is 0 Å². The van der Waals surface area contributed by atoms with Gasteiger partial charge in [0.2, 0.25) is 0 Å². The van der Waals surface area contributed by atoms with Gasteiger partial charge in [0.15, 0.2) is 5.78 Å².